The molecule has 0 aliphatic rings. The molecule has 0 saturated heterocycles. The van der Waals surface area contributed by atoms with E-state index in [9.17, 15) is 0 Å². The third-order valence-corrected chi connectivity index (χ3v) is 0.942. The van der Waals surface area contributed by atoms with Crippen LogP contribution in [0.1, 0.15) is 6.92 Å². The monoisotopic (exact) mass is 153 g/mol. The van der Waals surface area contributed by atoms with Crippen LogP contribution < -0.4 is 0 Å². The van der Waals surface area contributed by atoms with E-state index in [1.165, 1.54) is 6.92 Å². The Hall–Kier alpha value is 0.160. The van der Waals surface area contributed by atoms with Crippen molar-refractivity contribution in [2.75, 3.05) is 0 Å². The zero-order chi connectivity index (χ0) is 6.73. The Balaban J connectivity index is 3.64. The van der Waals surface area contributed by atoms with Crippen LogP contribution >= 0.6 is 24.8 Å². The Labute approximate surface area is 58.3 Å². The van der Waals surface area contributed by atoms with E-state index < -0.39 is 6.23 Å². The lowest BCUT2D eigenvalue weighted by Crippen LogP contribution is -2.31. The van der Waals surface area contributed by atoms with Gasteiger partial charge in [-0.2, -0.15) is 0 Å². The molecule has 5 heteroatoms. The maximum absolute atomic E-state index is 8.57. The molecular weight excluding hydrogens is 146 g/mol. The van der Waals surface area contributed by atoms with E-state index >= 15 is 0 Å². The molecule has 0 saturated carbocycles. The summed E-state index contributed by atoms with van der Waals surface area (Å²) in [7, 11) is 0. The number of aliphatic hydroxyl groups is 1. The molecule has 0 radical (unpaired) electrons. The molecule has 8 heavy (non-hydrogen) atoms. The van der Waals surface area contributed by atoms with Crippen LogP contribution in [0.15, 0.2) is 0 Å². The molecule has 0 aromatic heterocycles. The van der Waals surface area contributed by atoms with Crippen molar-refractivity contribution in [3.8, 4) is 0 Å². The van der Waals surface area contributed by atoms with E-state index in [-0.39, 0.29) is 4.32 Å². The van der Waals surface area contributed by atoms with Gasteiger partial charge in [-0.3, -0.25) is 5.21 Å². The van der Waals surface area contributed by atoms with E-state index in [2.05, 4.69) is 24.8 Å². The molecule has 0 aromatic rings. The average Bonchev–Trinajstić information content (AvgIpc) is 1.64. The molecule has 0 rings (SSSR count). The fraction of sp³-hybridized carbons (Fsp3) is 0.667. The maximum Gasteiger partial charge on any atom is 0.160 e. The van der Waals surface area contributed by atoms with Crippen LogP contribution in [0.2, 0.25) is 0 Å². The molecule has 0 fully saturated rings. The second-order valence-corrected chi connectivity index (χ2v) is 2.37. The van der Waals surface area contributed by atoms with Gasteiger partial charge in [-0.15, -0.1) is 12.6 Å². The zero-order valence-corrected chi connectivity index (χ0v) is 5.99. The lowest BCUT2D eigenvalue weighted by molar-refractivity contribution is -0.123. The van der Waals surface area contributed by atoms with Crippen LogP contribution in [0.25, 0.3) is 0 Å². The Morgan fingerprint density at radius 1 is 1.88 bits per heavy atom. The standard InChI is InChI=1S/C3H7NO2S2/c1-2(5)4(6)3(7)8/h2,5-6H,1H3,(H,7,8)/t2-/m0/s1. The molecule has 0 amide bonds. The Bertz CT molecular complexity index is 95.3. The van der Waals surface area contributed by atoms with Crippen LogP contribution in [0.4, 0.5) is 0 Å². The van der Waals surface area contributed by atoms with Gasteiger partial charge in [-0.1, -0.05) is 12.2 Å². The van der Waals surface area contributed by atoms with Gasteiger partial charge in [-0.25, -0.2) is 5.06 Å². The molecule has 2 N–H and O–H groups in total. The van der Waals surface area contributed by atoms with Crippen LogP contribution in [-0.4, -0.2) is 25.9 Å². The summed E-state index contributed by atoms with van der Waals surface area (Å²) in [4.78, 5) is 0. The minimum atomic E-state index is -0.986. The van der Waals surface area contributed by atoms with Crippen molar-refractivity contribution in [2.24, 2.45) is 0 Å². The molecule has 0 aliphatic heterocycles. The van der Waals surface area contributed by atoms with E-state index in [0.29, 0.717) is 5.06 Å². The predicted octanol–water partition coefficient (Wildman–Crippen LogP) is 0.231. The summed E-state index contributed by atoms with van der Waals surface area (Å²) >= 11 is 7.95. The van der Waals surface area contributed by atoms with E-state index in [4.69, 9.17) is 10.3 Å². The second-order valence-electron chi connectivity index (χ2n) is 1.26. The summed E-state index contributed by atoms with van der Waals surface area (Å²) in [6.07, 6.45) is -0.986. The SMILES string of the molecule is C[C@H](O)N(O)C(=S)S. The van der Waals surface area contributed by atoms with Gasteiger partial charge in [-0.05, 0) is 6.92 Å². The summed E-state index contributed by atoms with van der Waals surface area (Å²) in [5.41, 5.74) is 0. The molecule has 0 unspecified atom stereocenters. The van der Waals surface area contributed by atoms with Gasteiger partial charge in [0.2, 0.25) is 0 Å². The highest BCUT2D eigenvalue weighted by molar-refractivity contribution is 8.10. The number of thiocarbonyl (C=S) groups is 1. The number of aliphatic hydroxyl groups excluding tert-OH is 1. The number of hydrogen-bond acceptors (Lipinski definition) is 3. The molecule has 0 aliphatic carbocycles. The Morgan fingerprint density at radius 2 is 2.25 bits per heavy atom. The predicted molar refractivity (Wildman–Crippen MR) is 36.9 cm³/mol. The summed E-state index contributed by atoms with van der Waals surface area (Å²) < 4.78 is -0.0417. The quantitative estimate of drug-likeness (QED) is 0.218. The van der Waals surface area contributed by atoms with Gasteiger partial charge in [0.05, 0.1) is 0 Å². The van der Waals surface area contributed by atoms with Crippen molar-refractivity contribution < 1.29 is 10.3 Å². The normalized spacial score (nSPS) is 13.0. The molecule has 0 spiro atoms. The lowest BCUT2D eigenvalue weighted by atomic mass is 10.7. The van der Waals surface area contributed by atoms with E-state index in [1.54, 1.807) is 0 Å². The number of rotatable bonds is 1. The first-order valence-corrected chi connectivity index (χ1v) is 2.80. The summed E-state index contributed by atoms with van der Waals surface area (Å²) in [5, 5.41) is 17.6. The summed E-state index contributed by atoms with van der Waals surface area (Å²) in [6, 6.07) is 0. The van der Waals surface area contributed by atoms with Gasteiger partial charge < -0.3 is 5.11 Å². The zero-order valence-electron chi connectivity index (χ0n) is 4.27. The van der Waals surface area contributed by atoms with Gasteiger partial charge in [0.15, 0.2) is 4.32 Å². The molecule has 0 aromatic carbocycles. The summed E-state index contributed by atoms with van der Waals surface area (Å²) in [5.74, 6) is 0. The number of hydroxylamine groups is 2. The van der Waals surface area contributed by atoms with Crippen LogP contribution in [0.5, 0.6) is 0 Å². The van der Waals surface area contributed by atoms with E-state index in [1.807, 2.05) is 0 Å². The fourth-order valence-electron chi connectivity index (χ4n) is 0.160. The Kier molecular flexibility index (Phi) is 3.30. The highest BCUT2D eigenvalue weighted by Crippen LogP contribution is 1.95. The van der Waals surface area contributed by atoms with Gasteiger partial charge in [0.25, 0.3) is 0 Å². The number of hydrogen-bond donors (Lipinski definition) is 3. The minimum absolute atomic E-state index is 0.0417. The molecular formula is C3H7NO2S2. The molecule has 48 valence electrons. The number of thiol groups is 1. The van der Waals surface area contributed by atoms with Crippen molar-refractivity contribution in [3.05, 3.63) is 0 Å². The van der Waals surface area contributed by atoms with Gasteiger partial charge >= 0.3 is 0 Å². The van der Waals surface area contributed by atoms with Crippen molar-refractivity contribution in [2.45, 2.75) is 13.2 Å². The molecule has 1 atom stereocenters. The van der Waals surface area contributed by atoms with Gasteiger partial charge in [0, 0.05) is 0 Å². The second kappa shape index (κ2) is 3.24. The van der Waals surface area contributed by atoms with Crippen molar-refractivity contribution in [1.82, 2.24) is 5.06 Å². The molecule has 0 bridgehead atoms. The largest absolute Gasteiger partial charge is 0.372 e. The first kappa shape index (κ1) is 8.16. The average molecular weight is 153 g/mol. The van der Waals surface area contributed by atoms with Gasteiger partial charge in [0.1, 0.15) is 6.23 Å². The molecule has 0 heterocycles. The first-order chi connectivity index (χ1) is 3.55. The first-order valence-electron chi connectivity index (χ1n) is 1.95. The van der Waals surface area contributed by atoms with Crippen LogP contribution in [0.3, 0.4) is 0 Å². The molecule has 3 nitrogen and oxygen atoms in total. The Morgan fingerprint density at radius 3 is 2.25 bits per heavy atom. The lowest BCUT2D eigenvalue weighted by Gasteiger charge is -2.16. The van der Waals surface area contributed by atoms with Crippen molar-refractivity contribution >= 4 is 29.2 Å². The van der Waals surface area contributed by atoms with Crippen LogP contribution in [-0.2, 0) is 0 Å². The highest BCUT2D eigenvalue weighted by atomic mass is 32.1. The third-order valence-electron chi connectivity index (χ3n) is 0.550. The smallest absolute Gasteiger partial charge is 0.160 e. The maximum atomic E-state index is 8.57. The van der Waals surface area contributed by atoms with Crippen molar-refractivity contribution in [1.29, 1.82) is 0 Å². The fourth-order valence-corrected chi connectivity index (χ4v) is 0.479. The highest BCUT2D eigenvalue weighted by Gasteiger charge is 2.05. The number of nitrogens with zero attached hydrogens (tertiary/aromatic N) is 1. The third kappa shape index (κ3) is 2.46. The van der Waals surface area contributed by atoms with Crippen LogP contribution in [0, 0.1) is 0 Å². The minimum Gasteiger partial charge on any atom is -0.372 e. The summed E-state index contributed by atoms with van der Waals surface area (Å²) in [6.45, 7) is 1.38. The van der Waals surface area contributed by atoms with Crippen molar-refractivity contribution in [3.63, 3.8) is 0 Å². The topological polar surface area (TPSA) is 43.7 Å². The van der Waals surface area contributed by atoms with E-state index in [0.717, 1.165) is 0 Å².